The van der Waals surface area contributed by atoms with Crippen molar-refractivity contribution >= 4 is 10.0 Å². The molecule has 2 aliphatic carbocycles. The molecule has 2 aromatic carbocycles. The standard InChI is InChI=1S/C26H24F2N4O2S/c1-17-24-15-30-32(22-8-4-20(27)5-9-22)25(24)14-18-2-3-19(26(17)18)16-31(13-12-29)35(33,34)23-10-6-21(28)7-11-23/h4-11,15,17,19H,2-3,13-14,16H2,1H3/t17-,19+/m0/s1. The maximum absolute atomic E-state index is 13.4. The van der Waals surface area contributed by atoms with Crippen LogP contribution in [0.25, 0.3) is 5.69 Å². The lowest BCUT2D eigenvalue weighted by atomic mass is 9.80. The number of allylic oxidation sites excluding steroid dienone is 1. The molecule has 0 amide bonds. The molecule has 9 heteroatoms. The Morgan fingerprint density at radius 3 is 2.43 bits per heavy atom. The molecule has 0 radical (unpaired) electrons. The van der Waals surface area contributed by atoms with E-state index in [0.717, 1.165) is 41.9 Å². The molecule has 2 aliphatic rings. The average molecular weight is 495 g/mol. The fourth-order valence-corrected chi connectivity index (χ4v) is 6.79. The van der Waals surface area contributed by atoms with Crippen molar-refractivity contribution in [2.45, 2.75) is 37.0 Å². The first kappa shape index (κ1) is 23.4. The van der Waals surface area contributed by atoms with Crippen LogP contribution in [0, 0.1) is 28.9 Å². The van der Waals surface area contributed by atoms with Crippen molar-refractivity contribution in [3.8, 4) is 11.8 Å². The third-order valence-corrected chi connectivity index (χ3v) is 8.88. The van der Waals surface area contributed by atoms with Crippen LogP contribution in [0.2, 0.25) is 0 Å². The molecule has 5 rings (SSSR count). The van der Waals surface area contributed by atoms with E-state index < -0.39 is 15.8 Å². The van der Waals surface area contributed by atoms with Gasteiger partial charge in [0.25, 0.3) is 0 Å². The van der Waals surface area contributed by atoms with Crippen molar-refractivity contribution in [3.05, 3.63) is 88.8 Å². The summed E-state index contributed by atoms with van der Waals surface area (Å²) in [5, 5.41) is 13.9. The van der Waals surface area contributed by atoms with E-state index in [9.17, 15) is 22.5 Å². The summed E-state index contributed by atoms with van der Waals surface area (Å²) >= 11 is 0. The zero-order chi connectivity index (χ0) is 24.7. The third kappa shape index (κ3) is 4.17. The summed E-state index contributed by atoms with van der Waals surface area (Å²) in [6.45, 7) is 2.02. The SMILES string of the molecule is C[C@@H]1C2=C(CC[C@@H]2CN(CC#N)S(=O)(=O)c2ccc(F)cc2)Cc2c1cnn2-c1ccc(F)cc1. The minimum absolute atomic E-state index is 0.0223. The number of aromatic nitrogens is 2. The van der Waals surface area contributed by atoms with Gasteiger partial charge in [0.05, 0.1) is 28.5 Å². The molecule has 0 bridgehead atoms. The van der Waals surface area contributed by atoms with E-state index in [1.165, 1.54) is 39.7 Å². The molecule has 0 saturated heterocycles. The summed E-state index contributed by atoms with van der Waals surface area (Å²) < 4.78 is 56.3. The predicted molar refractivity (Wildman–Crippen MR) is 126 cm³/mol. The van der Waals surface area contributed by atoms with E-state index in [0.29, 0.717) is 6.42 Å². The van der Waals surface area contributed by atoms with Gasteiger partial charge in [-0.25, -0.2) is 21.9 Å². The Bertz CT molecular complexity index is 1440. The van der Waals surface area contributed by atoms with E-state index in [2.05, 4.69) is 12.0 Å². The van der Waals surface area contributed by atoms with Gasteiger partial charge in [-0.05, 0) is 67.3 Å². The Morgan fingerprint density at radius 2 is 1.77 bits per heavy atom. The largest absolute Gasteiger partial charge is 0.244 e. The first-order chi connectivity index (χ1) is 16.8. The number of hydrogen-bond donors (Lipinski definition) is 0. The van der Waals surface area contributed by atoms with Crippen LogP contribution in [0.1, 0.15) is 36.9 Å². The van der Waals surface area contributed by atoms with E-state index in [1.54, 1.807) is 12.1 Å². The number of sulfonamides is 1. The fourth-order valence-electron chi connectivity index (χ4n) is 5.40. The van der Waals surface area contributed by atoms with Gasteiger partial charge in [-0.2, -0.15) is 14.7 Å². The highest BCUT2D eigenvalue weighted by atomic mass is 32.2. The normalized spacial score (nSPS) is 19.5. The van der Waals surface area contributed by atoms with Crippen molar-refractivity contribution in [1.82, 2.24) is 14.1 Å². The summed E-state index contributed by atoms with van der Waals surface area (Å²) in [6, 6.07) is 12.9. The number of nitrogens with zero attached hydrogens (tertiary/aromatic N) is 4. The lowest BCUT2D eigenvalue weighted by molar-refractivity contribution is 0.383. The molecule has 180 valence electrons. The molecular weight excluding hydrogens is 470 g/mol. The van der Waals surface area contributed by atoms with Crippen LogP contribution in [0.3, 0.4) is 0 Å². The smallest absolute Gasteiger partial charge is 0.237 e. The predicted octanol–water partition coefficient (Wildman–Crippen LogP) is 4.73. The molecule has 0 aliphatic heterocycles. The first-order valence-electron chi connectivity index (χ1n) is 11.5. The summed E-state index contributed by atoms with van der Waals surface area (Å²) in [7, 11) is -3.94. The van der Waals surface area contributed by atoms with Gasteiger partial charge in [0.1, 0.15) is 18.2 Å². The second-order valence-corrected chi connectivity index (χ2v) is 11.0. The number of benzene rings is 2. The highest BCUT2D eigenvalue weighted by molar-refractivity contribution is 7.89. The molecule has 0 unspecified atom stereocenters. The summed E-state index contributed by atoms with van der Waals surface area (Å²) in [5.74, 6) is -0.794. The van der Waals surface area contributed by atoms with Crippen LogP contribution < -0.4 is 0 Å². The van der Waals surface area contributed by atoms with Crippen molar-refractivity contribution in [3.63, 3.8) is 0 Å². The number of hydrogen-bond acceptors (Lipinski definition) is 4. The third-order valence-electron chi connectivity index (χ3n) is 7.05. The van der Waals surface area contributed by atoms with E-state index >= 15 is 0 Å². The van der Waals surface area contributed by atoms with Gasteiger partial charge in [-0.15, -0.1) is 0 Å². The highest BCUT2D eigenvalue weighted by Gasteiger charge is 2.38. The molecule has 35 heavy (non-hydrogen) atoms. The molecule has 1 heterocycles. The quantitative estimate of drug-likeness (QED) is 0.367. The summed E-state index contributed by atoms with van der Waals surface area (Å²) in [6.07, 6.45) is 4.18. The van der Waals surface area contributed by atoms with Crippen LogP contribution >= 0.6 is 0 Å². The van der Waals surface area contributed by atoms with Crippen molar-refractivity contribution in [1.29, 1.82) is 5.26 Å². The van der Waals surface area contributed by atoms with Crippen LogP contribution in [-0.4, -0.2) is 35.6 Å². The maximum atomic E-state index is 13.4. The van der Waals surface area contributed by atoms with Crippen molar-refractivity contribution in [2.75, 3.05) is 13.1 Å². The second kappa shape index (κ2) is 9.02. The zero-order valence-corrected chi connectivity index (χ0v) is 20.0. The van der Waals surface area contributed by atoms with Crippen LogP contribution in [0.15, 0.2) is 70.8 Å². The highest BCUT2D eigenvalue weighted by Crippen LogP contribution is 2.47. The van der Waals surface area contributed by atoms with Crippen LogP contribution in [0.5, 0.6) is 0 Å². The second-order valence-electron chi connectivity index (χ2n) is 9.04. The number of fused-ring (bicyclic) bond motifs is 1. The van der Waals surface area contributed by atoms with Gasteiger partial charge < -0.3 is 0 Å². The van der Waals surface area contributed by atoms with Gasteiger partial charge in [0.2, 0.25) is 10.0 Å². The molecule has 0 N–H and O–H groups in total. The summed E-state index contributed by atoms with van der Waals surface area (Å²) in [4.78, 5) is -0.0269. The molecule has 0 fully saturated rings. The van der Waals surface area contributed by atoms with Gasteiger partial charge in [0.15, 0.2) is 0 Å². The molecule has 6 nitrogen and oxygen atoms in total. The van der Waals surface area contributed by atoms with E-state index in [1.807, 2.05) is 16.9 Å². The lowest BCUT2D eigenvalue weighted by Crippen LogP contribution is -2.36. The van der Waals surface area contributed by atoms with Gasteiger partial charge >= 0.3 is 0 Å². The Hall–Kier alpha value is -3.35. The van der Waals surface area contributed by atoms with Crippen LogP contribution in [-0.2, 0) is 16.4 Å². The van der Waals surface area contributed by atoms with Gasteiger partial charge in [-0.3, -0.25) is 0 Å². The minimum atomic E-state index is -3.94. The topological polar surface area (TPSA) is 79.0 Å². The van der Waals surface area contributed by atoms with Gasteiger partial charge in [0, 0.05) is 24.4 Å². The lowest BCUT2D eigenvalue weighted by Gasteiger charge is -2.30. The molecular formula is C26H24F2N4O2S. The van der Waals surface area contributed by atoms with Crippen LogP contribution in [0.4, 0.5) is 8.78 Å². The Balaban J connectivity index is 1.43. The van der Waals surface area contributed by atoms with Gasteiger partial charge in [-0.1, -0.05) is 18.1 Å². The minimum Gasteiger partial charge on any atom is -0.237 e. The van der Waals surface area contributed by atoms with E-state index in [-0.39, 0.29) is 35.6 Å². The first-order valence-corrected chi connectivity index (χ1v) is 12.9. The zero-order valence-electron chi connectivity index (χ0n) is 19.2. The molecule has 0 spiro atoms. The van der Waals surface area contributed by atoms with Crippen molar-refractivity contribution < 1.29 is 17.2 Å². The van der Waals surface area contributed by atoms with Crippen molar-refractivity contribution in [2.24, 2.45) is 5.92 Å². The molecule has 0 saturated carbocycles. The Kier molecular flexibility index (Phi) is 6.03. The fraction of sp³-hybridized carbons (Fsp3) is 0.308. The average Bonchev–Trinajstić information content (AvgIpc) is 3.45. The molecule has 3 aromatic rings. The molecule has 1 aromatic heterocycles. The monoisotopic (exact) mass is 494 g/mol. The Morgan fingerprint density at radius 1 is 1.11 bits per heavy atom. The maximum Gasteiger partial charge on any atom is 0.244 e. The Labute approximate surface area is 203 Å². The number of halogens is 2. The summed E-state index contributed by atoms with van der Waals surface area (Å²) in [5.41, 5.74) is 5.43. The molecule has 2 atom stereocenters. The number of rotatable bonds is 6. The number of nitriles is 1. The van der Waals surface area contributed by atoms with E-state index in [4.69, 9.17) is 0 Å².